The van der Waals surface area contributed by atoms with Gasteiger partial charge in [0, 0.05) is 59.9 Å². The van der Waals surface area contributed by atoms with Crippen molar-refractivity contribution in [1.82, 2.24) is 10.2 Å². The van der Waals surface area contributed by atoms with Crippen LogP contribution in [0.3, 0.4) is 0 Å². The minimum Gasteiger partial charge on any atom is -0.493 e. The molecule has 0 saturated carbocycles. The predicted molar refractivity (Wildman–Crippen MR) is 254 cm³/mol. The van der Waals surface area contributed by atoms with Crippen LogP contribution in [0.15, 0.2) is 41.4 Å². The van der Waals surface area contributed by atoms with Crippen molar-refractivity contribution in [3.05, 3.63) is 69.8 Å². The molecule has 1 N–H and O–H groups in total. The first-order chi connectivity index (χ1) is 29.5. The summed E-state index contributed by atoms with van der Waals surface area (Å²) in [4.78, 5) is 19.3. The molecule has 1 amide bonds. The van der Waals surface area contributed by atoms with Crippen molar-refractivity contribution in [2.45, 2.75) is 116 Å². The van der Waals surface area contributed by atoms with Crippen molar-refractivity contribution < 1.29 is 38.0 Å². The van der Waals surface area contributed by atoms with E-state index in [-0.39, 0.29) is 36.9 Å². The molecule has 13 heteroatoms. The Bertz CT molecular complexity index is 2050. The highest BCUT2D eigenvalue weighted by Gasteiger charge is 2.41. The van der Waals surface area contributed by atoms with E-state index in [9.17, 15) is 4.79 Å². The molecular formula is C50H71Cl2N3O8. The van der Waals surface area contributed by atoms with Gasteiger partial charge in [-0.3, -0.25) is 4.99 Å². The van der Waals surface area contributed by atoms with E-state index < -0.39 is 5.60 Å². The third-order valence-corrected chi connectivity index (χ3v) is 13.6. The molecule has 3 aliphatic heterocycles. The highest BCUT2D eigenvalue weighted by atomic mass is 35.5. The third-order valence-electron chi connectivity index (χ3n) is 13.6. The smallest absolute Gasteiger partial charge is 0.410 e. The predicted octanol–water partition coefficient (Wildman–Crippen LogP) is 9.49. The molecule has 0 aromatic heterocycles. The molecule has 3 aromatic carbocycles. The minimum absolute atomic E-state index is 0. The Morgan fingerprint density at radius 3 is 1.75 bits per heavy atom. The highest BCUT2D eigenvalue weighted by molar-refractivity contribution is 5.91. The number of ether oxygens (including phenoxy) is 7. The minimum atomic E-state index is -0.465. The maximum absolute atomic E-state index is 12.7. The number of hydrogen-bond donors (Lipinski definition) is 1. The molecule has 6 aliphatic rings. The number of fused-ring (bicyclic) bond motifs is 6. The zero-order valence-electron chi connectivity index (χ0n) is 38.9. The lowest BCUT2D eigenvalue weighted by molar-refractivity contribution is -0.00145. The van der Waals surface area contributed by atoms with E-state index in [4.69, 9.17) is 38.2 Å². The summed E-state index contributed by atoms with van der Waals surface area (Å²) in [5.74, 6) is 6.99. The van der Waals surface area contributed by atoms with Gasteiger partial charge in [-0.1, -0.05) is 18.2 Å². The second kappa shape index (κ2) is 22.2. The van der Waals surface area contributed by atoms with E-state index in [1.54, 1.807) is 42.7 Å². The molecule has 0 bridgehead atoms. The number of rotatable bonds is 6. The lowest BCUT2D eigenvalue weighted by Crippen LogP contribution is -2.53. The number of hydrogen-bond acceptors (Lipinski definition) is 10. The van der Waals surface area contributed by atoms with Gasteiger partial charge < -0.3 is 43.4 Å². The Morgan fingerprint density at radius 2 is 1.17 bits per heavy atom. The summed E-state index contributed by atoms with van der Waals surface area (Å²) in [5, 5.41) is 3.66. The van der Waals surface area contributed by atoms with Crippen molar-refractivity contribution >= 4 is 36.6 Å². The Labute approximate surface area is 388 Å². The monoisotopic (exact) mass is 911 g/mol. The normalized spacial score (nSPS) is 22.7. The van der Waals surface area contributed by atoms with Gasteiger partial charge >= 0.3 is 6.09 Å². The second-order valence-corrected chi connectivity index (χ2v) is 18.3. The first-order valence-electron chi connectivity index (χ1n) is 22.4. The highest BCUT2D eigenvalue weighted by Crippen LogP contribution is 2.44. The molecule has 3 heterocycles. The van der Waals surface area contributed by atoms with Crippen LogP contribution in [0.5, 0.6) is 34.5 Å². The first kappa shape index (κ1) is 49.9. The number of methoxy groups -OCH3 is 6. The summed E-state index contributed by atoms with van der Waals surface area (Å²) in [6.45, 7) is 8.70. The Morgan fingerprint density at radius 1 is 0.635 bits per heavy atom. The van der Waals surface area contributed by atoms with Gasteiger partial charge in [-0.05, 0) is 145 Å². The zero-order valence-corrected chi connectivity index (χ0v) is 40.6. The number of benzene rings is 3. The molecule has 11 nitrogen and oxygen atoms in total. The number of nitrogens with zero attached hydrogens (tertiary/aromatic N) is 2. The lowest BCUT2D eigenvalue weighted by atomic mass is 9.75. The number of piperidine rings is 2. The lowest BCUT2D eigenvalue weighted by Gasteiger charge is -2.44. The Balaban J connectivity index is 0.000000179. The van der Waals surface area contributed by atoms with Crippen molar-refractivity contribution in [3.8, 4) is 34.5 Å². The molecule has 0 radical (unpaired) electrons. The number of halogens is 2. The molecule has 2 fully saturated rings. The van der Waals surface area contributed by atoms with Crippen LogP contribution in [-0.2, 0) is 43.3 Å². The molecule has 0 spiro atoms. The summed E-state index contributed by atoms with van der Waals surface area (Å²) < 4.78 is 38.6. The number of amides is 1. The van der Waals surface area contributed by atoms with Crippen molar-refractivity contribution in [2.75, 3.05) is 62.3 Å². The molecule has 3 aliphatic carbocycles. The molecule has 348 valence electrons. The zero-order chi connectivity index (χ0) is 43.3. The van der Waals surface area contributed by atoms with E-state index in [0.717, 1.165) is 105 Å². The van der Waals surface area contributed by atoms with Gasteiger partial charge in [0.05, 0.1) is 42.7 Å². The van der Waals surface area contributed by atoms with E-state index in [0.29, 0.717) is 17.9 Å². The number of aliphatic imine (C=N–C) groups is 1. The summed E-state index contributed by atoms with van der Waals surface area (Å²) in [6.07, 6.45) is 13.1. The van der Waals surface area contributed by atoms with Crippen LogP contribution < -0.4 is 33.7 Å². The molecule has 2 saturated heterocycles. The molecule has 5 atom stereocenters. The van der Waals surface area contributed by atoms with Gasteiger partial charge in [-0.15, -0.1) is 24.8 Å². The fraction of sp³-hybridized carbons (Fsp3) is 0.600. The van der Waals surface area contributed by atoms with Gasteiger partial charge in [0.1, 0.15) is 5.60 Å². The van der Waals surface area contributed by atoms with Gasteiger partial charge in [0.25, 0.3) is 0 Å². The fourth-order valence-corrected chi connectivity index (χ4v) is 10.7. The second-order valence-electron chi connectivity index (χ2n) is 18.3. The van der Waals surface area contributed by atoms with Gasteiger partial charge in [0.15, 0.2) is 34.5 Å². The SMILES string of the molecule is COc1ccc2c(c1OC)CC1CCCN=C1C2.COc1ccc2c(c1OC)C[C@H]1CCCN(C(=O)OC(C)(C)C)C1C2.COc1ccc2c(c1OC)C[C@H]1CCCNC1C2.Cl.Cl. The summed E-state index contributed by atoms with van der Waals surface area (Å²) in [5.41, 5.74) is 8.86. The topological polar surface area (TPSA) is 109 Å². The van der Waals surface area contributed by atoms with E-state index in [1.165, 1.54) is 71.3 Å². The molecule has 9 rings (SSSR count). The molecule has 3 aromatic rings. The summed E-state index contributed by atoms with van der Waals surface area (Å²) in [7, 11) is 10.2. The van der Waals surface area contributed by atoms with Gasteiger partial charge in [0.2, 0.25) is 0 Å². The summed E-state index contributed by atoms with van der Waals surface area (Å²) in [6, 6.07) is 13.3. The average Bonchev–Trinajstić information content (AvgIpc) is 3.27. The van der Waals surface area contributed by atoms with Gasteiger partial charge in [-0.25, -0.2) is 4.79 Å². The van der Waals surface area contributed by atoms with Crippen molar-refractivity contribution in [3.63, 3.8) is 0 Å². The molecular weight excluding hydrogens is 841 g/mol. The van der Waals surface area contributed by atoms with E-state index >= 15 is 0 Å². The largest absolute Gasteiger partial charge is 0.493 e. The standard InChI is InChI=1S/C20H29NO4.C15H21NO2.C15H19NO2.2ClH/c1-20(2,3)25-19(22)21-10-6-7-14-11-15-13(12-16(14)21)8-9-17(23-4)18(15)24-5;2*1-17-14-6-5-10-9-13-11(4-3-7-16-13)8-12(10)15(14)18-2;;/h8-9,14,16H,6-7,10-12H2,1-5H3;5-6,11,13,16H,3-4,7-9H2,1-2H3;5-6,11H,3-4,7-9H2,1-2H3;2*1H/t14-,16?;11-,13?;;;/m11.../s1. The first-order valence-corrected chi connectivity index (χ1v) is 22.4. The number of carbonyl (C=O) groups is 1. The average molecular weight is 913 g/mol. The van der Waals surface area contributed by atoms with Crippen LogP contribution in [0.2, 0.25) is 0 Å². The third kappa shape index (κ3) is 11.1. The maximum Gasteiger partial charge on any atom is 0.410 e. The van der Waals surface area contributed by atoms with Crippen LogP contribution in [0.1, 0.15) is 92.7 Å². The van der Waals surface area contributed by atoms with Crippen molar-refractivity contribution in [1.29, 1.82) is 0 Å². The maximum atomic E-state index is 12.7. The van der Waals surface area contributed by atoms with Crippen molar-refractivity contribution in [2.24, 2.45) is 22.7 Å². The van der Waals surface area contributed by atoms with Crippen LogP contribution in [-0.4, -0.2) is 96.7 Å². The summed E-state index contributed by atoms with van der Waals surface area (Å²) >= 11 is 0. The Hall–Kier alpha value is -4.06. The Kier molecular flexibility index (Phi) is 17.6. The number of carbonyl (C=O) groups excluding carboxylic acids is 1. The van der Waals surface area contributed by atoms with Crippen LogP contribution in [0, 0.1) is 17.8 Å². The quantitative estimate of drug-likeness (QED) is 0.259. The van der Waals surface area contributed by atoms with E-state index in [1.807, 2.05) is 43.9 Å². The van der Waals surface area contributed by atoms with E-state index in [2.05, 4.69) is 23.5 Å². The van der Waals surface area contributed by atoms with Gasteiger partial charge in [-0.2, -0.15) is 0 Å². The van der Waals surface area contributed by atoms with Crippen LogP contribution in [0.25, 0.3) is 0 Å². The number of likely N-dealkylation sites (tertiary alicyclic amines) is 1. The molecule has 63 heavy (non-hydrogen) atoms. The number of nitrogens with one attached hydrogen (secondary N) is 1. The fourth-order valence-electron chi connectivity index (χ4n) is 10.7. The molecule has 3 unspecified atom stereocenters. The van der Waals surface area contributed by atoms with Crippen LogP contribution >= 0.6 is 24.8 Å². The van der Waals surface area contributed by atoms with Crippen LogP contribution in [0.4, 0.5) is 4.79 Å².